The first-order valence-corrected chi connectivity index (χ1v) is 7.20. The van der Waals surface area contributed by atoms with Crippen LogP contribution < -0.4 is 15.2 Å². The van der Waals surface area contributed by atoms with Crippen molar-refractivity contribution in [1.82, 2.24) is 0 Å². The van der Waals surface area contributed by atoms with Gasteiger partial charge in [0, 0.05) is 16.1 Å². The maximum atomic E-state index is 5.87. The number of benzene rings is 2. The van der Waals surface area contributed by atoms with Crippen LogP contribution in [-0.4, -0.2) is 7.11 Å². The number of rotatable bonds is 5. The SMILES string of the molecule is COc1ccc(Br)c(COc2cccc([C@@H](C)N)c2)c1. The van der Waals surface area contributed by atoms with Crippen molar-refractivity contribution in [2.24, 2.45) is 5.73 Å². The summed E-state index contributed by atoms with van der Waals surface area (Å²) < 4.78 is 12.0. The fourth-order valence-electron chi connectivity index (χ4n) is 1.84. The van der Waals surface area contributed by atoms with Crippen LogP contribution in [0.4, 0.5) is 0 Å². The van der Waals surface area contributed by atoms with Gasteiger partial charge in [-0.1, -0.05) is 28.1 Å². The molecule has 0 aliphatic rings. The van der Waals surface area contributed by atoms with E-state index in [4.69, 9.17) is 15.2 Å². The van der Waals surface area contributed by atoms with Crippen molar-refractivity contribution in [3.63, 3.8) is 0 Å². The van der Waals surface area contributed by atoms with E-state index in [1.165, 1.54) is 0 Å². The van der Waals surface area contributed by atoms with E-state index in [9.17, 15) is 0 Å². The van der Waals surface area contributed by atoms with Gasteiger partial charge in [0.2, 0.25) is 0 Å². The highest BCUT2D eigenvalue weighted by Crippen LogP contribution is 2.25. The third-order valence-corrected chi connectivity index (χ3v) is 3.80. The number of halogens is 1. The van der Waals surface area contributed by atoms with Crippen LogP contribution in [0, 0.1) is 0 Å². The Morgan fingerprint density at radius 2 is 1.95 bits per heavy atom. The summed E-state index contributed by atoms with van der Waals surface area (Å²) in [6, 6.07) is 13.7. The molecule has 2 aromatic rings. The Labute approximate surface area is 127 Å². The molecule has 106 valence electrons. The molecule has 0 radical (unpaired) electrons. The highest BCUT2D eigenvalue weighted by atomic mass is 79.9. The van der Waals surface area contributed by atoms with E-state index >= 15 is 0 Å². The fourth-order valence-corrected chi connectivity index (χ4v) is 2.20. The van der Waals surface area contributed by atoms with Gasteiger partial charge in [-0.05, 0) is 42.8 Å². The smallest absolute Gasteiger partial charge is 0.120 e. The molecule has 0 amide bonds. The van der Waals surface area contributed by atoms with Crippen molar-refractivity contribution in [1.29, 1.82) is 0 Å². The highest BCUT2D eigenvalue weighted by Gasteiger charge is 2.05. The van der Waals surface area contributed by atoms with Crippen molar-refractivity contribution in [2.75, 3.05) is 7.11 Å². The summed E-state index contributed by atoms with van der Waals surface area (Å²) in [5, 5.41) is 0. The van der Waals surface area contributed by atoms with E-state index in [0.29, 0.717) is 6.61 Å². The summed E-state index contributed by atoms with van der Waals surface area (Å²) in [4.78, 5) is 0. The van der Waals surface area contributed by atoms with Gasteiger partial charge in [0.25, 0.3) is 0 Å². The molecule has 0 aliphatic heterocycles. The minimum atomic E-state index is 0.00195. The van der Waals surface area contributed by atoms with Crippen LogP contribution in [-0.2, 0) is 6.61 Å². The molecule has 2 rings (SSSR count). The van der Waals surface area contributed by atoms with E-state index in [2.05, 4.69) is 15.9 Å². The molecule has 1 atom stereocenters. The second kappa shape index (κ2) is 6.77. The molecule has 20 heavy (non-hydrogen) atoms. The molecular formula is C16H18BrNO2. The molecule has 0 saturated heterocycles. The van der Waals surface area contributed by atoms with E-state index < -0.39 is 0 Å². The Kier molecular flexibility index (Phi) is 5.04. The Morgan fingerprint density at radius 1 is 1.15 bits per heavy atom. The van der Waals surface area contributed by atoms with E-state index in [0.717, 1.165) is 27.1 Å². The van der Waals surface area contributed by atoms with Gasteiger partial charge in [-0.25, -0.2) is 0 Å². The molecule has 0 heterocycles. The number of ether oxygens (including phenoxy) is 2. The van der Waals surface area contributed by atoms with E-state index in [1.54, 1.807) is 7.11 Å². The molecule has 0 saturated carbocycles. The van der Waals surface area contributed by atoms with Crippen LogP contribution in [0.25, 0.3) is 0 Å². The van der Waals surface area contributed by atoms with Crippen LogP contribution >= 0.6 is 15.9 Å². The topological polar surface area (TPSA) is 44.5 Å². The summed E-state index contributed by atoms with van der Waals surface area (Å²) in [5.41, 5.74) is 7.97. The Hall–Kier alpha value is -1.52. The third kappa shape index (κ3) is 3.74. The van der Waals surface area contributed by atoms with Gasteiger partial charge in [-0.2, -0.15) is 0 Å². The molecule has 3 nitrogen and oxygen atoms in total. The largest absolute Gasteiger partial charge is 0.497 e. The first-order valence-electron chi connectivity index (χ1n) is 6.41. The number of nitrogens with two attached hydrogens (primary N) is 1. The molecule has 0 unspecified atom stereocenters. The Morgan fingerprint density at radius 3 is 2.65 bits per heavy atom. The van der Waals surface area contributed by atoms with E-state index in [1.807, 2.05) is 49.4 Å². The molecule has 0 aromatic heterocycles. The summed E-state index contributed by atoms with van der Waals surface area (Å²) in [6.45, 7) is 2.43. The molecule has 2 aromatic carbocycles. The molecule has 4 heteroatoms. The van der Waals surface area contributed by atoms with Gasteiger partial charge in [0.15, 0.2) is 0 Å². The predicted octanol–water partition coefficient (Wildman–Crippen LogP) is 4.06. The maximum absolute atomic E-state index is 5.87. The fraction of sp³-hybridized carbons (Fsp3) is 0.250. The van der Waals surface area contributed by atoms with Crippen molar-refractivity contribution in [3.05, 3.63) is 58.1 Å². The van der Waals surface area contributed by atoms with Gasteiger partial charge >= 0.3 is 0 Å². The minimum Gasteiger partial charge on any atom is -0.497 e. The van der Waals surface area contributed by atoms with Crippen molar-refractivity contribution < 1.29 is 9.47 Å². The molecule has 2 N–H and O–H groups in total. The lowest BCUT2D eigenvalue weighted by Crippen LogP contribution is -2.05. The van der Waals surface area contributed by atoms with Gasteiger partial charge < -0.3 is 15.2 Å². The Bertz CT molecular complexity index is 584. The van der Waals surface area contributed by atoms with Gasteiger partial charge in [0.05, 0.1) is 7.11 Å². The average molecular weight is 336 g/mol. The van der Waals surface area contributed by atoms with Crippen molar-refractivity contribution in [3.8, 4) is 11.5 Å². The summed E-state index contributed by atoms with van der Waals surface area (Å²) >= 11 is 3.52. The van der Waals surface area contributed by atoms with Crippen LogP contribution in [0.1, 0.15) is 24.1 Å². The second-order valence-corrected chi connectivity index (χ2v) is 5.46. The lowest BCUT2D eigenvalue weighted by Gasteiger charge is -2.11. The number of methoxy groups -OCH3 is 1. The van der Waals surface area contributed by atoms with Crippen molar-refractivity contribution in [2.45, 2.75) is 19.6 Å². The standard InChI is InChI=1S/C16H18BrNO2/c1-11(18)12-4-3-5-15(8-12)20-10-13-9-14(19-2)6-7-16(13)17/h3-9,11H,10,18H2,1-2H3/t11-/m1/s1. The molecular weight excluding hydrogens is 318 g/mol. The van der Waals surface area contributed by atoms with Gasteiger partial charge in [0.1, 0.15) is 18.1 Å². The zero-order valence-electron chi connectivity index (χ0n) is 11.6. The lowest BCUT2D eigenvalue weighted by molar-refractivity contribution is 0.304. The molecule has 0 spiro atoms. The van der Waals surface area contributed by atoms with Gasteiger partial charge in [-0.15, -0.1) is 0 Å². The molecule has 0 aliphatic carbocycles. The monoisotopic (exact) mass is 335 g/mol. The molecule has 0 fully saturated rings. The van der Waals surface area contributed by atoms with Crippen LogP contribution in [0.2, 0.25) is 0 Å². The zero-order valence-corrected chi connectivity index (χ0v) is 13.2. The second-order valence-electron chi connectivity index (χ2n) is 4.61. The quantitative estimate of drug-likeness (QED) is 0.896. The van der Waals surface area contributed by atoms with Gasteiger partial charge in [-0.3, -0.25) is 0 Å². The summed E-state index contributed by atoms with van der Waals surface area (Å²) in [7, 11) is 1.65. The third-order valence-electron chi connectivity index (χ3n) is 3.03. The van der Waals surface area contributed by atoms with Crippen LogP contribution in [0.15, 0.2) is 46.9 Å². The first-order chi connectivity index (χ1) is 9.60. The number of hydrogen-bond donors (Lipinski definition) is 1. The maximum Gasteiger partial charge on any atom is 0.120 e. The minimum absolute atomic E-state index is 0.00195. The number of hydrogen-bond acceptors (Lipinski definition) is 3. The van der Waals surface area contributed by atoms with E-state index in [-0.39, 0.29) is 6.04 Å². The Balaban J connectivity index is 2.10. The summed E-state index contributed by atoms with van der Waals surface area (Å²) in [5.74, 6) is 1.63. The summed E-state index contributed by atoms with van der Waals surface area (Å²) in [6.07, 6.45) is 0. The van der Waals surface area contributed by atoms with Crippen molar-refractivity contribution >= 4 is 15.9 Å². The normalized spacial score (nSPS) is 12.0. The van der Waals surface area contributed by atoms with Crippen LogP contribution in [0.3, 0.4) is 0 Å². The predicted molar refractivity (Wildman–Crippen MR) is 84.1 cm³/mol. The zero-order chi connectivity index (χ0) is 14.5. The lowest BCUT2D eigenvalue weighted by atomic mass is 10.1. The molecule has 0 bridgehead atoms. The average Bonchev–Trinajstić information content (AvgIpc) is 2.46. The van der Waals surface area contributed by atoms with Crippen LogP contribution in [0.5, 0.6) is 11.5 Å². The first kappa shape index (κ1) is 14.9. The highest BCUT2D eigenvalue weighted by molar-refractivity contribution is 9.10.